The number of hydrogen-bond acceptors (Lipinski definition) is 7. The zero-order valence-electron chi connectivity index (χ0n) is 32.3. The number of carboxylic acid groups (broad SMARTS) is 1. The Morgan fingerprint density at radius 1 is 0.885 bits per heavy atom. The van der Waals surface area contributed by atoms with Gasteiger partial charge >= 0.3 is 5.97 Å². The lowest BCUT2D eigenvalue weighted by atomic mass is 9.34. The van der Waals surface area contributed by atoms with Crippen LogP contribution in [0.4, 0.5) is 0 Å². The average Bonchev–Trinajstić information content (AvgIpc) is 3.05. The van der Waals surface area contributed by atoms with Gasteiger partial charge in [0.05, 0.1) is 5.41 Å². The first-order valence-electron chi connectivity index (χ1n) is 18.7. The van der Waals surface area contributed by atoms with Crippen molar-refractivity contribution >= 4 is 16.9 Å². The summed E-state index contributed by atoms with van der Waals surface area (Å²) in [5, 5.41) is 51.1. The molecular formula is C44H56O8. The van der Waals surface area contributed by atoms with Crippen LogP contribution in [0.1, 0.15) is 121 Å². The van der Waals surface area contributed by atoms with E-state index in [1.165, 1.54) is 23.3 Å². The van der Waals surface area contributed by atoms with Crippen LogP contribution in [-0.2, 0) is 23.1 Å². The first-order chi connectivity index (χ1) is 24.1. The van der Waals surface area contributed by atoms with E-state index in [9.17, 15) is 35.1 Å². The quantitative estimate of drug-likeness (QED) is 0.133. The number of carbonyl (C=O) groups is 1. The first-order valence-corrected chi connectivity index (χ1v) is 18.7. The second-order valence-electron chi connectivity index (χ2n) is 17.9. The highest BCUT2D eigenvalue weighted by Gasteiger charge is 2.67. The average molecular weight is 713 g/mol. The summed E-state index contributed by atoms with van der Waals surface area (Å²) in [6.45, 7) is 19.0. The minimum Gasteiger partial charge on any atom is -0.507 e. The summed E-state index contributed by atoms with van der Waals surface area (Å²) < 4.78 is 5.35. The molecule has 0 radical (unpaired) electrons. The molecule has 1 aromatic heterocycles. The van der Waals surface area contributed by atoms with Gasteiger partial charge in [-0.1, -0.05) is 51.0 Å². The lowest BCUT2D eigenvalue weighted by molar-refractivity contribution is -0.177. The monoisotopic (exact) mass is 712 g/mol. The van der Waals surface area contributed by atoms with Crippen LogP contribution >= 0.6 is 0 Å². The van der Waals surface area contributed by atoms with Gasteiger partial charge in [-0.05, 0) is 137 Å². The van der Waals surface area contributed by atoms with Gasteiger partial charge in [-0.25, -0.2) is 0 Å². The zero-order valence-corrected chi connectivity index (χ0v) is 32.3. The van der Waals surface area contributed by atoms with Gasteiger partial charge in [0.25, 0.3) is 0 Å². The summed E-state index contributed by atoms with van der Waals surface area (Å²) in [6.07, 6.45) is 12.3. The summed E-state index contributed by atoms with van der Waals surface area (Å²) in [7, 11) is 0. The number of hydrogen-bond donors (Lipinski definition) is 5. The minimum atomic E-state index is -0.641. The Morgan fingerprint density at radius 3 is 2.21 bits per heavy atom. The van der Waals surface area contributed by atoms with Crippen LogP contribution in [0.25, 0.3) is 11.0 Å². The Hall–Kier alpha value is -4.20. The third kappa shape index (κ3) is 5.54. The number of aliphatic carboxylic acids is 1. The number of aryl methyl sites for hydroxylation is 1. The number of phenolic OH excluding ortho intramolecular Hbond substituents is 4. The lowest BCUT2D eigenvalue weighted by Crippen LogP contribution is -2.62. The van der Waals surface area contributed by atoms with Gasteiger partial charge in [0.15, 0.2) is 16.9 Å². The van der Waals surface area contributed by atoms with Gasteiger partial charge < -0.3 is 29.9 Å². The van der Waals surface area contributed by atoms with Crippen LogP contribution in [-0.4, -0.2) is 31.5 Å². The van der Waals surface area contributed by atoms with E-state index in [0.717, 1.165) is 68.1 Å². The van der Waals surface area contributed by atoms with Crippen molar-refractivity contribution in [3.05, 3.63) is 79.7 Å². The summed E-state index contributed by atoms with van der Waals surface area (Å²) in [5.41, 5.74) is 5.29. The number of allylic oxidation sites excluding steroid dienone is 4. The molecule has 4 aliphatic carbocycles. The molecule has 8 nitrogen and oxygen atoms in total. The molecule has 3 fully saturated rings. The summed E-state index contributed by atoms with van der Waals surface area (Å²) in [6, 6.07) is 4.51. The molecule has 3 aromatic rings. The predicted molar refractivity (Wildman–Crippen MR) is 203 cm³/mol. The highest BCUT2D eigenvalue weighted by Crippen LogP contribution is 2.74. The van der Waals surface area contributed by atoms with Crippen LogP contribution in [0.15, 0.2) is 50.7 Å². The highest BCUT2D eigenvalue weighted by atomic mass is 16.4. The number of carboxylic acids is 1. The molecular weight excluding hydrogens is 656 g/mol. The SMILES string of the molecule is CC(C)=CCc1c(O)cc2oc(C)cc(=O)c2c1O.Cc1c(O)c(O)cc2c1CC=C1C2(C)CCC2(C)C3CC(C)(C(=O)O)CCC3(C)CCC12C. The van der Waals surface area contributed by atoms with Gasteiger partial charge in [-0.2, -0.15) is 0 Å². The molecule has 5 N–H and O–H groups in total. The summed E-state index contributed by atoms with van der Waals surface area (Å²) in [4.78, 5) is 24.2. The maximum absolute atomic E-state index is 12.3. The Morgan fingerprint density at radius 2 is 1.56 bits per heavy atom. The zero-order chi connectivity index (χ0) is 38.3. The molecule has 1 heterocycles. The number of phenols is 4. The van der Waals surface area contributed by atoms with Crippen LogP contribution < -0.4 is 5.43 Å². The van der Waals surface area contributed by atoms with Crippen molar-refractivity contribution in [2.45, 2.75) is 126 Å². The van der Waals surface area contributed by atoms with Crippen molar-refractivity contribution in [1.82, 2.24) is 0 Å². The van der Waals surface area contributed by atoms with Crippen molar-refractivity contribution in [2.75, 3.05) is 0 Å². The largest absolute Gasteiger partial charge is 0.507 e. The van der Waals surface area contributed by atoms with Crippen molar-refractivity contribution in [3.63, 3.8) is 0 Å². The van der Waals surface area contributed by atoms with Gasteiger partial charge in [-0.15, -0.1) is 0 Å². The third-order valence-electron chi connectivity index (χ3n) is 14.5. The molecule has 8 heteroatoms. The summed E-state index contributed by atoms with van der Waals surface area (Å²) >= 11 is 0. The van der Waals surface area contributed by atoms with Crippen molar-refractivity contribution in [2.24, 2.45) is 27.6 Å². The van der Waals surface area contributed by atoms with Crippen molar-refractivity contribution < 1.29 is 34.7 Å². The number of benzene rings is 2. The second-order valence-corrected chi connectivity index (χ2v) is 17.9. The van der Waals surface area contributed by atoms with Crippen LogP contribution in [0, 0.1) is 41.4 Å². The first kappa shape index (κ1) is 37.6. The molecule has 0 amide bonds. The normalized spacial score (nSPS) is 31.9. The van der Waals surface area contributed by atoms with E-state index in [-0.39, 0.29) is 61.1 Å². The molecule has 3 saturated carbocycles. The van der Waals surface area contributed by atoms with Crippen LogP contribution in [0.2, 0.25) is 0 Å². The van der Waals surface area contributed by atoms with E-state index >= 15 is 0 Å². The van der Waals surface area contributed by atoms with Gasteiger partial charge in [0.2, 0.25) is 0 Å². The van der Waals surface area contributed by atoms with E-state index in [0.29, 0.717) is 23.7 Å². The standard InChI is InChI=1S/C29H40O4.C15H16O4/c1-17-18-7-8-21-27(4,19(18)15-20(30)23(17)31)12-14-29(6)22-16-26(3,24(32)33)10-9-25(22,2)11-13-28(21,29)5;1-8(2)4-5-10-11(16)7-13-14(15(10)18)12(17)6-9(3)19-13/h8,15,22,30-31H,7,9-14,16H2,1-6H3,(H,32,33);4,6-7,16,18H,5H2,1-3H3. The molecule has 6 unspecified atom stereocenters. The molecule has 7 rings (SSSR count). The number of fused-ring (bicyclic) bond motifs is 8. The maximum Gasteiger partial charge on any atom is 0.309 e. The Balaban J connectivity index is 0.000000208. The minimum absolute atomic E-state index is 0.00431. The van der Waals surface area contributed by atoms with Crippen LogP contribution in [0.5, 0.6) is 23.0 Å². The molecule has 52 heavy (non-hydrogen) atoms. The van der Waals surface area contributed by atoms with E-state index in [1.54, 1.807) is 6.92 Å². The van der Waals surface area contributed by atoms with Gasteiger partial charge in [0.1, 0.15) is 28.2 Å². The molecule has 0 aliphatic heterocycles. The Bertz CT molecular complexity index is 2100. The number of rotatable bonds is 3. The highest BCUT2D eigenvalue weighted by molar-refractivity contribution is 5.86. The van der Waals surface area contributed by atoms with Crippen molar-refractivity contribution in [3.8, 4) is 23.0 Å². The molecule has 6 atom stereocenters. The van der Waals surface area contributed by atoms with E-state index in [1.807, 2.05) is 39.8 Å². The fraction of sp³-hybridized carbons (Fsp3) is 0.545. The summed E-state index contributed by atoms with van der Waals surface area (Å²) in [5.74, 6) is -0.124. The molecule has 2 aromatic carbocycles. The van der Waals surface area contributed by atoms with E-state index in [2.05, 4.69) is 33.8 Å². The molecule has 4 aliphatic rings. The molecule has 0 saturated heterocycles. The van der Waals surface area contributed by atoms with Gasteiger partial charge in [-0.3, -0.25) is 9.59 Å². The Labute approximate surface area is 306 Å². The maximum atomic E-state index is 12.3. The molecule has 0 bridgehead atoms. The predicted octanol–water partition coefficient (Wildman–Crippen LogP) is 9.67. The second kappa shape index (κ2) is 12.4. The molecule has 0 spiro atoms. The van der Waals surface area contributed by atoms with Gasteiger partial charge in [0, 0.05) is 23.1 Å². The lowest BCUT2D eigenvalue weighted by Gasteiger charge is -2.69. The van der Waals surface area contributed by atoms with E-state index < -0.39 is 11.4 Å². The Kier molecular flexibility index (Phi) is 8.99. The fourth-order valence-electron chi connectivity index (χ4n) is 10.9. The van der Waals surface area contributed by atoms with E-state index in [4.69, 9.17) is 4.42 Å². The third-order valence-corrected chi connectivity index (χ3v) is 14.5. The number of aromatic hydroxyl groups is 4. The smallest absolute Gasteiger partial charge is 0.309 e. The van der Waals surface area contributed by atoms with Crippen molar-refractivity contribution in [1.29, 1.82) is 0 Å². The van der Waals surface area contributed by atoms with Crippen LogP contribution in [0.3, 0.4) is 0 Å². The molecule has 280 valence electrons. The topological polar surface area (TPSA) is 148 Å². The fourth-order valence-corrected chi connectivity index (χ4v) is 10.9.